The number of nitriles is 1. The molecule has 0 aliphatic heterocycles. The number of rotatable bonds is 4. The number of non-ortho nitro benzene ring substituents is 1. The predicted molar refractivity (Wildman–Crippen MR) is 70.6 cm³/mol. The van der Waals surface area contributed by atoms with Crippen LogP contribution >= 0.6 is 0 Å². The van der Waals surface area contributed by atoms with Crippen LogP contribution < -0.4 is 4.90 Å². The van der Waals surface area contributed by atoms with Crippen LogP contribution in [0.1, 0.15) is 32.8 Å². The van der Waals surface area contributed by atoms with E-state index in [0.717, 1.165) is 12.1 Å². The molecule has 0 aliphatic rings. The Morgan fingerprint density at radius 1 is 1.50 bits per heavy atom. The molecule has 0 aromatic heterocycles. The van der Waals surface area contributed by atoms with E-state index in [0.29, 0.717) is 5.56 Å². The predicted octanol–water partition coefficient (Wildman–Crippen LogP) is 3.09. The van der Waals surface area contributed by atoms with Gasteiger partial charge in [-0.25, -0.2) is 0 Å². The standard InChI is InChI=1S/C13H17N3O2/c1-5-13(2,3)15(4)12-7-6-11(16(17)18)8-10(12)9-14/h6-8H,5H2,1-4H3. The van der Waals surface area contributed by atoms with Crippen LogP contribution in [0, 0.1) is 21.4 Å². The average molecular weight is 247 g/mol. The third-order valence-electron chi connectivity index (χ3n) is 3.45. The Bertz CT molecular complexity index is 503. The van der Waals surface area contributed by atoms with Gasteiger partial charge in [0.05, 0.1) is 16.2 Å². The fourth-order valence-electron chi connectivity index (χ4n) is 1.58. The zero-order chi connectivity index (χ0) is 13.9. The van der Waals surface area contributed by atoms with Gasteiger partial charge in [-0.1, -0.05) is 6.92 Å². The summed E-state index contributed by atoms with van der Waals surface area (Å²) in [4.78, 5) is 12.2. The molecule has 1 aromatic carbocycles. The van der Waals surface area contributed by atoms with E-state index in [4.69, 9.17) is 5.26 Å². The summed E-state index contributed by atoms with van der Waals surface area (Å²) in [6, 6.07) is 6.40. The van der Waals surface area contributed by atoms with E-state index in [2.05, 4.69) is 20.8 Å². The Balaban J connectivity index is 3.27. The maximum Gasteiger partial charge on any atom is 0.270 e. The number of hydrogen-bond donors (Lipinski definition) is 0. The van der Waals surface area contributed by atoms with E-state index in [1.54, 1.807) is 6.07 Å². The van der Waals surface area contributed by atoms with Crippen LogP contribution in [0.2, 0.25) is 0 Å². The molecule has 0 aliphatic carbocycles. The summed E-state index contributed by atoms with van der Waals surface area (Å²) in [6.45, 7) is 6.19. The van der Waals surface area contributed by atoms with Crippen LogP contribution in [0.3, 0.4) is 0 Å². The maximum atomic E-state index is 10.7. The summed E-state index contributed by atoms with van der Waals surface area (Å²) in [5.41, 5.74) is 0.878. The summed E-state index contributed by atoms with van der Waals surface area (Å²) < 4.78 is 0. The Kier molecular flexibility index (Phi) is 3.92. The SMILES string of the molecule is CCC(C)(C)N(C)c1ccc([N+](=O)[O-])cc1C#N. The number of hydrogen-bond acceptors (Lipinski definition) is 4. The lowest BCUT2D eigenvalue weighted by atomic mass is 9.98. The summed E-state index contributed by atoms with van der Waals surface area (Å²) in [7, 11) is 1.89. The molecule has 0 fully saturated rings. The Labute approximate surface area is 107 Å². The highest BCUT2D eigenvalue weighted by molar-refractivity contribution is 5.63. The van der Waals surface area contributed by atoms with Gasteiger partial charge < -0.3 is 4.90 Å². The molecule has 1 aromatic rings. The molecule has 5 nitrogen and oxygen atoms in total. The minimum absolute atomic E-state index is 0.0574. The largest absolute Gasteiger partial charge is 0.368 e. The molecular formula is C13H17N3O2. The maximum absolute atomic E-state index is 10.7. The first-order valence-electron chi connectivity index (χ1n) is 5.76. The summed E-state index contributed by atoms with van der Waals surface area (Å²) in [5, 5.41) is 19.8. The minimum Gasteiger partial charge on any atom is -0.368 e. The molecule has 0 N–H and O–H groups in total. The van der Waals surface area contributed by atoms with Crippen LogP contribution in [0.25, 0.3) is 0 Å². The Morgan fingerprint density at radius 2 is 2.11 bits per heavy atom. The van der Waals surface area contributed by atoms with Crippen molar-refractivity contribution in [2.75, 3.05) is 11.9 Å². The smallest absolute Gasteiger partial charge is 0.270 e. The second-order valence-electron chi connectivity index (χ2n) is 4.80. The third kappa shape index (κ3) is 2.59. The molecule has 0 saturated heterocycles. The van der Waals surface area contributed by atoms with E-state index >= 15 is 0 Å². The van der Waals surface area contributed by atoms with Crippen molar-refractivity contribution < 1.29 is 4.92 Å². The number of nitro groups is 1. The second-order valence-corrected chi connectivity index (χ2v) is 4.80. The van der Waals surface area contributed by atoms with Gasteiger partial charge in [-0.3, -0.25) is 10.1 Å². The highest BCUT2D eigenvalue weighted by Gasteiger charge is 2.24. The molecule has 1 rings (SSSR count). The highest BCUT2D eigenvalue weighted by atomic mass is 16.6. The second kappa shape index (κ2) is 5.05. The van der Waals surface area contributed by atoms with Crippen LogP contribution in [-0.2, 0) is 0 Å². The fraction of sp³-hybridized carbons (Fsp3) is 0.462. The van der Waals surface area contributed by atoms with Crippen LogP contribution in [0.4, 0.5) is 11.4 Å². The first-order chi connectivity index (χ1) is 8.33. The van der Waals surface area contributed by atoms with Crippen LogP contribution in [0.5, 0.6) is 0 Å². The molecule has 0 atom stereocenters. The normalized spacial score (nSPS) is 10.8. The molecule has 96 valence electrons. The zero-order valence-electron chi connectivity index (χ0n) is 11.1. The van der Waals surface area contributed by atoms with E-state index in [9.17, 15) is 10.1 Å². The first-order valence-corrected chi connectivity index (χ1v) is 5.76. The van der Waals surface area contributed by atoms with Crippen LogP contribution in [-0.4, -0.2) is 17.5 Å². The molecule has 0 unspecified atom stereocenters. The number of anilines is 1. The molecule has 18 heavy (non-hydrogen) atoms. The Hall–Kier alpha value is -2.09. The van der Waals surface area contributed by atoms with E-state index in [-0.39, 0.29) is 11.2 Å². The minimum atomic E-state index is -0.490. The van der Waals surface area contributed by atoms with E-state index in [1.165, 1.54) is 12.1 Å². The van der Waals surface area contributed by atoms with Crippen molar-refractivity contribution in [3.63, 3.8) is 0 Å². The highest BCUT2D eigenvalue weighted by Crippen LogP contribution is 2.30. The van der Waals surface area contributed by atoms with Gasteiger partial charge in [-0.2, -0.15) is 5.26 Å². The summed E-state index contributed by atoms with van der Waals surface area (Å²) in [6.07, 6.45) is 0.908. The molecular weight excluding hydrogens is 230 g/mol. The molecule has 0 heterocycles. The van der Waals surface area contributed by atoms with Gasteiger partial charge in [0, 0.05) is 24.7 Å². The van der Waals surface area contributed by atoms with Gasteiger partial charge in [0.1, 0.15) is 6.07 Å². The number of nitrogens with zero attached hydrogens (tertiary/aromatic N) is 3. The average Bonchev–Trinajstić information content (AvgIpc) is 2.36. The fourth-order valence-corrected chi connectivity index (χ4v) is 1.58. The van der Waals surface area contributed by atoms with Crippen molar-refractivity contribution in [1.82, 2.24) is 0 Å². The molecule has 0 saturated carbocycles. The molecule has 0 amide bonds. The molecule has 0 spiro atoms. The number of nitro benzene ring substituents is 1. The number of benzene rings is 1. The van der Waals surface area contributed by atoms with Crippen molar-refractivity contribution in [2.24, 2.45) is 0 Å². The Morgan fingerprint density at radius 3 is 2.56 bits per heavy atom. The molecule has 0 radical (unpaired) electrons. The van der Waals surface area contributed by atoms with Crippen molar-refractivity contribution >= 4 is 11.4 Å². The monoisotopic (exact) mass is 247 g/mol. The zero-order valence-corrected chi connectivity index (χ0v) is 11.1. The van der Waals surface area contributed by atoms with E-state index < -0.39 is 4.92 Å². The third-order valence-corrected chi connectivity index (χ3v) is 3.45. The quantitative estimate of drug-likeness (QED) is 0.605. The van der Waals surface area contributed by atoms with Gasteiger partial charge in [0.15, 0.2) is 0 Å². The molecule has 0 bridgehead atoms. The van der Waals surface area contributed by atoms with Gasteiger partial charge in [-0.05, 0) is 26.3 Å². The lowest BCUT2D eigenvalue weighted by molar-refractivity contribution is -0.384. The molecule has 5 heteroatoms. The van der Waals surface area contributed by atoms with E-state index in [1.807, 2.05) is 18.0 Å². The van der Waals surface area contributed by atoms with Crippen molar-refractivity contribution in [2.45, 2.75) is 32.7 Å². The van der Waals surface area contributed by atoms with Gasteiger partial charge in [0.2, 0.25) is 0 Å². The van der Waals surface area contributed by atoms with Gasteiger partial charge in [-0.15, -0.1) is 0 Å². The van der Waals surface area contributed by atoms with Crippen molar-refractivity contribution in [1.29, 1.82) is 5.26 Å². The summed E-state index contributed by atoms with van der Waals surface area (Å²) in [5.74, 6) is 0. The lowest BCUT2D eigenvalue weighted by Crippen LogP contribution is -2.40. The topological polar surface area (TPSA) is 70.2 Å². The van der Waals surface area contributed by atoms with Gasteiger partial charge in [0.25, 0.3) is 5.69 Å². The van der Waals surface area contributed by atoms with Crippen molar-refractivity contribution in [3.05, 3.63) is 33.9 Å². The van der Waals surface area contributed by atoms with Crippen LogP contribution in [0.15, 0.2) is 18.2 Å². The lowest BCUT2D eigenvalue weighted by Gasteiger charge is -2.37. The summed E-state index contributed by atoms with van der Waals surface area (Å²) >= 11 is 0. The van der Waals surface area contributed by atoms with Gasteiger partial charge >= 0.3 is 0 Å². The van der Waals surface area contributed by atoms with Crippen molar-refractivity contribution in [3.8, 4) is 6.07 Å². The first kappa shape index (κ1) is 14.0.